The predicted molar refractivity (Wildman–Crippen MR) is 137 cm³/mol. The minimum atomic E-state index is 0. The molecule has 0 spiro atoms. The van der Waals surface area contributed by atoms with E-state index >= 15 is 0 Å². The van der Waals surface area contributed by atoms with E-state index in [0.29, 0.717) is 12.5 Å². The number of benzene rings is 1. The molecule has 0 radical (unpaired) electrons. The molecule has 0 saturated carbocycles. The maximum Gasteiger partial charge on any atom is 0.191 e. The zero-order chi connectivity index (χ0) is 21.3. The van der Waals surface area contributed by atoms with Crippen LogP contribution in [0.15, 0.2) is 33.8 Å². The molecule has 1 atom stereocenters. The first-order valence-electron chi connectivity index (χ1n) is 11.1. The van der Waals surface area contributed by atoms with Crippen LogP contribution in [0.2, 0.25) is 0 Å². The Morgan fingerprint density at radius 2 is 2.10 bits per heavy atom. The highest BCUT2D eigenvalue weighted by Crippen LogP contribution is 2.26. The van der Waals surface area contributed by atoms with Crippen molar-refractivity contribution in [2.24, 2.45) is 10.9 Å². The maximum absolute atomic E-state index is 5.47. The fourth-order valence-corrected chi connectivity index (χ4v) is 3.90. The summed E-state index contributed by atoms with van der Waals surface area (Å²) in [6.07, 6.45) is 2.86. The number of aliphatic imine (C=N–C) groups is 1. The quantitative estimate of drug-likeness (QED) is 0.284. The Balaban J connectivity index is 0.00000341. The van der Waals surface area contributed by atoms with E-state index in [9.17, 15) is 0 Å². The van der Waals surface area contributed by atoms with Gasteiger partial charge in [-0.1, -0.05) is 25.1 Å². The van der Waals surface area contributed by atoms with Crippen LogP contribution >= 0.6 is 24.0 Å². The highest BCUT2D eigenvalue weighted by atomic mass is 127. The van der Waals surface area contributed by atoms with Crippen LogP contribution in [-0.2, 0) is 19.4 Å². The predicted octanol–water partition coefficient (Wildman–Crippen LogP) is 4.01. The molecule has 3 rings (SSSR count). The summed E-state index contributed by atoms with van der Waals surface area (Å²) in [6.45, 7) is 10.7. The van der Waals surface area contributed by atoms with Crippen LogP contribution in [0, 0.1) is 5.92 Å². The van der Waals surface area contributed by atoms with Crippen molar-refractivity contribution in [1.82, 2.24) is 15.8 Å². The summed E-state index contributed by atoms with van der Waals surface area (Å²) >= 11 is 0. The molecule has 1 saturated heterocycles. The molecule has 1 fully saturated rings. The molecule has 1 aliphatic rings. The summed E-state index contributed by atoms with van der Waals surface area (Å²) in [5.74, 6) is 3.27. The highest BCUT2D eigenvalue weighted by molar-refractivity contribution is 14.0. The third kappa shape index (κ3) is 6.75. The van der Waals surface area contributed by atoms with E-state index in [-0.39, 0.29) is 24.0 Å². The van der Waals surface area contributed by atoms with Crippen molar-refractivity contribution < 1.29 is 9.26 Å². The van der Waals surface area contributed by atoms with Crippen LogP contribution in [0.1, 0.15) is 44.2 Å². The standard InChI is InChI=1S/C23H35N5O2.HI/c1-5-21-20(22(6-2)30-27-21)15-26-23(24-7-3)25-14-17-11-12-28(16-17)18-9-8-10-19(13-18)29-4;/h8-10,13,17H,5-7,11-12,14-16H2,1-4H3,(H2,24,25,26);1H. The number of hydrogen-bond donors (Lipinski definition) is 2. The fourth-order valence-electron chi connectivity index (χ4n) is 3.90. The number of rotatable bonds is 9. The van der Waals surface area contributed by atoms with Crippen molar-refractivity contribution >= 4 is 35.6 Å². The lowest BCUT2D eigenvalue weighted by Crippen LogP contribution is -2.40. The van der Waals surface area contributed by atoms with Gasteiger partial charge in [-0.3, -0.25) is 0 Å². The minimum absolute atomic E-state index is 0. The lowest BCUT2D eigenvalue weighted by Gasteiger charge is -2.20. The second kappa shape index (κ2) is 12.8. The Bertz CT molecular complexity index is 818. The van der Waals surface area contributed by atoms with Gasteiger partial charge in [0, 0.05) is 49.9 Å². The van der Waals surface area contributed by atoms with Crippen molar-refractivity contribution in [3.63, 3.8) is 0 Å². The molecule has 1 unspecified atom stereocenters. The molecule has 1 aromatic carbocycles. The fraction of sp³-hybridized carbons (Fsp3) is 0.565. The number of hydrogen-bond acceptors (Lipinski definition) is 5. The van der Waals surface area contributed by atoms with Gasteiger partial charge < -0.3 is 24.8 Å². The number of aromatic nitrogens is 1. The van der Waals surface area contributed by atoms with Crippen molar-refractivity contribution in [1.29, 1.82) is 0 Å². The Morgan fingerprint density at radius 3 is 2.81 bits per heavy atom. The summed E-state index contributed by atoms with van der Waals surface area (Å²) in [6, 6.07) is 8.30. The van der Waals surface area contributed by atoms with E-state index in [1.54, 1.807) is 7.11 Å². The van der Waals surface area contributed by atoms with Crippen LogP contribution in [-0.4, -0.2) is 44.4 Å². The van der Waals surface area contributed by atoms with E-state index in [1.165, 1.54) is 5.69 Å². The van der Waals surface area contributed by atoms with E-state index in [1.807, 2.05) is 6.07 Å². The summed E-state index contributed by atoms with van der Waals surface area (Å²) in [4.78, 5) is 7.23. The first-order chi connectivity index (χ1) is 14.7. The molecule has 2 N–H and O–H groups in total. The Morgan fingerprint density at radius 1 is 1.26 bits per heavy atom. The van der Waals surface area contributed by atoms with Crippen LogP contribution in [0.3, 0.4) is 0 Å². The van der Waals surface area contributed by atoms with Gasteiger partial charge in [-0.2, -0.15) is 0 Å². The highest BCUT2D eigenvalue weighted by Gasteiger charge is 2.23. The number of guanidine groups is 1. The number of nitrogens with zero attached hydrogens (tertiary/aromatic N) is 3. The van der Waals surface area contributed by atoms with Crippen LogP contribution in [0.25, 0.3) is 0 Å². The second-order valence-corrected chi connectivity index (χ2v) is 7.62. The van der Waals surface area contributed by atoms with E-state index < -0.39 is 0 Å². The molecule has 8 heteroatoms. The largest absolute Gasteiger partial charge is 0.497 e. The SMILES string of the molecule is CCNC(=NCc1c(CC)noc1CC)NCC1CCN(c2cccc(OC)c2)C1.I. The number of nitrogens with one attached hydrogen (secondary N) is 2. The molecule has 2 heterocycles. The van der Waals surface area contributed by atoms with E-state index in [4.69, 9.17) is 14.3 Å². The van der Waals surface area contributed by atoms with Gasteiger partial charge in [0.15, 0.2) is 5.96 Å². The van der Waals surface area contributed by atoms with Crippen molar-refractivity contribution in [3.05, 3.63) is 41.3 Å². The smallest absolute Gasteiger partial charge is 0.191 e. The molecule has 0 aliphatic carbocycles. The summed E-state index contributed by atoms with van der Waals surface area (Å²) in [5.41, 5.74) is 3.36. The Labute approximate surface area is 203 Å². The van der Waals surface area contributed by atoms with Gasteiger partial charge in [0.2, 0.25) is 0 Å². The molecule has 31 heavy (non-hydrogen) atoms. The zero-order valence-corrected chi connectivity index (χ0v) is 21.4. The van der Waals surface area contributed by atoms with Crippen molar-refractivity contribution in [2.75, 3.05) is 38.2 Å². The van der Waals surface area contributed by atoms with Gasteiger partial charge in [-0.15, -0.1) is 24.0 Å². The monoisotopic (exact) mass is 541 g/mol. The van der Waals surface area contributed by atoms with Crippen LogP contribution in [0.5, 0.6) is 5.75 Å². The first kappa shape index (κ1) is 25.3. The van der Waals surface area contributed by atoms with Crippen molar-refractivity contribution in [2.45, 2.75) is 46.6 Å². The Hall–Kier alpha value is -1.97. The van der Waals surface area contributed by atoms with Crippen LogP contribution < -0.4 is 20.3 Å². The zero-order valence-electron chi connectivity index (χ0n) is 19.1. The van der Waals surface area contributed by atoms with E-state index in [2.05, 4.69) is 59.7 Å². The number of methoxy groups -OCH3 is 1. The van der Waals surface area contributed by atoms with Gasteiger partial charge in [0.05, 0.1) is 19.3 Å². The average Bonchev–Trinajstić information content (AvgIpc) is 3.42. The summed E-state index contributed by atoms with van der Waals surface area (Å²) in [5, 5.41) is 11.1. The van der Waals surface area contributed by atoms with Gasteiger partial charge in [-0.25, -0.2) is 4.99 Å². The average molecular weight is 541 g/mol. The maximum atomic E-state index is 5.47. The van der Waals surface area contributed by atoms with Gasteiger partial charge in [-0.05, 0) is 37.8 Å². The number of aryl methyl sites for hydroxylation is 2. The lowest BCUT2D eigenvalue weighted by molar-refractivity contribution is 0.380. The van der Waals surface area contributed by atoms with Crippen molar-refractivity contribution in [3.8, 4) is 5.75 Å². The topological polar surface area (TPSA) is 74.9 Å². The Kier molecular flexibility index (Phi) is 10.4. The molecule has 7 nitrogen and oxygen atoms in total. The minimum Gasteiger partial charge on any atom is -0.497 e. The summed E-state index contributed by atoms with van der Waals surface area (Å²) in [7, 11) is 1.71. The second-order valence-electron chi connectivity index (χ2n) is 7.62. The lowest BCUT2D eigenvalue weighted by atomic mass is 10.1. The number of anilines is 1. The third-order valence-corrected chi connectivity index (χ3v) is 5.61. The normalized spacial score (nSPS) is 16.2. The number of ether oxygens (including phenoxy) is 1. The molecule has 2 aromatic rings. The molecule has 1 aromatic heterocycles. The van der Waals surface area contributed by atoms with Gasteiger partial charge in [0.25, 0.3) is 0 Å². The van der Waals surface area contributed by atoms with Gasteiger partial charge in [0.1, 0.15) is 11.5 Å². The molecule has 1 aliphatic heterocycles. The van der Waals surface area contributed by atoms with Gasteiger partial charge >= 0.3 is 0 Å². The summed E-state index contributed by atoms with van der Waals surface area (Å²) < 4.78 is 10.8. The van der Waals surface area contributed by atoms with E-state index in [0.717, 1.165) is 74.2 Å². The molecule has 0 bridgehead atoms. The molecule has 172 valence electrons. The molecule has 0 amide bonds. The first-order valence-corrected chi connectivity index (χ1v) is 11.1. The molecular formula is C23H36IN5O2. The molecular weight excluding hydrogens is 505 g/mol. The van der Waals surface area contributed by atoms with Crippen LogP contribution in [0.4, 0.5) is 5.69 Å². The third-order valence-electron chi connectivity index (χ3n) is 5.61. The number of halogens is 1.